The summed E-state index contributed by atoms with van der Waals surface area (Å²) in [7, 11) is 0. The highest BCUT2D eigenvalue weighted by atomic mass is 32.1. The summed E-state index contributed by atoms with van der Waals surface area (Å²) in [6, 6.07) is 8.43. The molecule has 1 unspecified atom stereocenters. The maximum atomic E-state index is 5.92. The van der Waals surface area contributed by atoms with Gasteiger partial charge in [-0.15, -0.1) is 0 Å². The van der Waals surface area contributed by atoms with Crippen LogP contribution in [0.2, 0.25) is 0 Å². The van der Waals surface area contributed by atoms with Gasteiger partial charge in [0, 0.05) is 17.5 Å². The largest absolute Gasteiger partial charge is 0.324 e. The van der Waals surface area contributed by atoms with Crippen LogP contribution in [0.3, 0.4) is 0 Å². The molecule has 2 aromatic heterocycles. The predicted octanol–water partition coefficient (Wildman–Crippen LogP) is 4.16. The summed E-state index contributed by atoms with van der Waals surface area (Å²) in [6.07, 6.45) is 0.910. The molecule has 2 N–H and O–H groups in total. The van der Waals surface area contributed by atoms with Crippen molar-refractivity contribution in [2.45, 2.75) is 46.1 Å². The summed E-state index contributed by atoms with van der Waals surface area (Å²) >= 11 is 1.68. The average Bonchev–Trinajstić information content (AvgIpc) is 3.04. The van der Waals surface area contributed by atoms with Gasteiger partial charge in [-0.25, -0.2) is 9.50 Å². The second kappa shape index (κ2) is 5.82. The lowest BCUT2D eigenvalue weighted by Gasteiger charge is -2.07. The number of nitrogens with zero attached hydrogens (tertiary/aromatic N) is 3. The molecule has 0 spiro atoms. The van der Waals surface area contributed by atoms with Gasteiger partial charge in [-0.05, 0) is 18.9 Å². The van der Waals surface area contributed by atoms with Crippen molar-refractivity contribution in [1.82, 2.24) is 14.6 Å². The van der Waals surface area contributed by atoms with Gasteiger partial charge in [0.25, 0.3) is 0 Å². The van der Waals surface area contributed by atoms with E-state index in [1.807, 2.05) is 11.4 Å². The number of hydrogen-bond donors (Lipinski definition) is 1. The summed E-state index contributed by atoms with van der Waals surface area (Å²) in [4.78, 5) is 5.80. The number of aromatic nitrogens is 3. The Kier molecular flexibility index (Phi) is 4.02. The SMILES string of the molecule is CCc1c(-c2ccc(C(C)N)cc2)nc2sc(C(C)C)nn12. The maximum Gasteiger partial charge on any atom is 0.212 e. The third kappa shape index (κ3) is 2.55. The maximum absolute atomic E-state index is 5.92. The van der Waals surface area contributed by atoms with E-state index in [9.17, 15) is 0 Å². The van der Waals surface area contributed by atoms with Gasteiger partial charge >= 0.3 is 0 Å². The van der Waals surface area contributed by atoms with Crippen LogP contribution in [0.5, 0.6) is 0 Å². The van der Waals surface area contributed by atoms with E-state index in [0.717, 1.165) is 33.2 Å². The molecule has 4 nitrogen and oxygen atoms in total. The van der Waals surface area contributed by atoms with Crippen molar-refractivity contribution >= 4 is 16.3 Å². The Morgan fingerprint density at radius 2 is 1.86 bits per heavy atom. The van der Waals surface area contributed by atoms with Crippen molar-refractivity contribution in [3.63, 3.8) is 0 Å². The first-order valence-corrected chi connectivity index (χ1v) is 8.57. The topological polar surface area (TPSA) is 56.2 Å². The Hall–Kier alpha value is -1.72. The molecular weight excluding hydrogens is 292 g/mol. The van der Waals surface area contributed by atoms with Gasteiger partial charge in [0.15, 0.2) is 0 Å². The Balaban J connectivity index is 2.08. The molecule has 116 valence electrons. The summed E-state index contributed by atoms with van der Waals surface area (Å²) in [5, 5.41) is 5.86. The van der Waals surface area contributed by atoms with Gasteiger partial charge in [-0.2, -0.15) is 5.10 Å². The van der Waals surface area contributed by atoms with Crippen molar-refractivity contribution in [2.24, 2.45) is 5.73 Å². The van der Waals surface area contributed by atoms with Crippen molar-refractivity contribution < 1.29 is 0 Å². The highest BCUT2D eigenvalue weighted by Crippen LogP contribution is 2.30. The van der Waals surface area contributed by atoms with Crippen LogP contribution in [-0.2, 0) is 6.42 Å². The van der Waals surface area contributed by atoms with Crippen LogP contribution in [-0.4, -0.2) is 14.6 Å². The standard InChI is InChI=1S/C17H22N4S/c1-5-14-15(13-8-6-12(7-9-13)11(4)18)19-17-21(14)20-16(22-17)10(2)3/h6-11H,5,18H2,1-4H3. The lowest BCUT2D eigenvalue weighted by Crippen LogP contribution is -2.04. The minimum absolute atomic E-state index is 0.0560. The van der Waals surface area contributed by atoms with E-state index in [1.54, 1.807) is 11.3 Å². The number of imidazole rings is 1. The van der Waals surface area contributed by atoms with E-state index in [2.05, 4.69) is 45.0 Å². The first-order valence-electron chi connectivity index (χ1n) is 7.75. The van der Waals surface area contributed by atoms with Crippen LogP contribution >= 0.6 is 11.3 Å². The third-order valence-electron chi connectivity index (χ3n) is 3.85. The molecule has 0 aliphatic heterocycles. The van der Waals surface area contributed by atoms with Gasteiger partial charge in [-0.1, -0.05) is 56.4 Å². The molecule has 1 atom stereocenters. The quantitative estimate of drug-likeness (QED) is 0.786. The molecule has 0 amide bonds. The molecule has 0 fully saturated rings. The van der Waals surface area contributed by atoms with Gasteiger partial charge in [0.2, 0.25) is 4.96 Å². The van der Waals surface area contributed by atoms with E-state index in [1.165, 1.54) is 5.69 Å². The summed E-state index contributed by atoms with van der Waals surface area (Å²) in [5.74, 6) is 0.435. The Morgan fingerprint density at radius 1 is 1.18 bits per heavy atom. The van der Waals surface area contributed by atoms with E-state index in [0.29, 0.717) is 5.92 Å². The number of nitrogens with two attached hydrogens (primary N) is 1. The van der Waals surface area contributed by atoms with Crippen LogP contribution < -0.4 is 5.73 Å². The van der Waals surface area contributed by atoms with Crippen LogP contribution in [0, 0.1) is 0 Å². The minimum atomic E-state index is 0.0560. The molecular formula is C17H22N4S. The second-order valence-corrected chi connectivity index (χ2v) is 6.95. The van der Waals surface area contributed by atoms with E-state index in [4.69, 9.17) is 15.8 Å². The number of aryl methyl sites for hydroxylation is 1. The van der Waals surface area contributed by atoms with Crippen LogP contribution in [0.1, 0.15) is 55.9 Å². The molecule has 2 heterocycles. The first-order chi connectivity index (χ1) is 10.5. The molecule has 1 aromatic carbocycles. The number of fused-ring (bicyclic) bond motifs is 1. The summed E-state index contributed by atoms with van der Waals surface area (Å²) in [5.41, 5.74) is 10.4. The van der Waals surface area contributed by atoms with Crippen LogP contribution in [0.25, 0.3) is 16.2 Å². The molecule has 3 aromatic rings. The van der Waals surface area contributed by atoms with Gasteiger partial charge < -0.3 is 5.73 Å². The molecule has 0 aliphatic carbocycles. The Morgan fingerprint density at radius 3 is 2.41 bits per heavy atom. The van der Waals surface area contributed by atoms with Crippen molar-refractivity contribution in [2.75, 3.05) is 0 Å². The molecule has 22 heavy (non-hydrogen) atoms. The van der Waals surface area contributed by atoms with Crippen molar-refractivity contribution in [1.29, 1.82) is 0 Å². The first kappa shape index (κ1) is 15.2. The Labute approximate surface area is 135 Å². The lowest BCUT2D eigenvalue weighted by atomic mass is 10.0. The molecule has 0 saturated carbocycles. The van der Waals surface area contributed by atoms with Crippen LogP contribution in [0.15, 0.2) is 24.3 Å². The fraction of sp³-hybridized carbons (Fsp3) is 0.412. The van der Waals surface area contributed by atoms with Gasteiger partial charge in [0.1, 0.15) is 5.01 Å². The zero-order valence-electron chi connectivity index (χ0n) is 13.5. The van der Waals surface area contributed by atoms with Crippen LogP contribution in [0.4, 0.5) is 0 Å². The summed E-state index contributed by atoms with van der Waals surface area (Å²) in [6.45, 7) is 8.48. The molecule has 5 heteroatoms. The average molecular weight is 314 g/mol. The monoisotopic (exact) mass is 314 g/mol. The Bertz CT molecular complexity index is 781. The fourth-order valence-electron chi connectivity index (χ4n) is 2.53. The smallest absolute Gasteiger partial charge is 0.212 e. The fourth-order valence-corrected chi connectivity index (χ4v) is 3.45. The third-order valence-corrected chi connectivity index (χ3v) is 5.06. The van der Waals surface area contributed by atoms with Crippen molar-refractivity contribution in [3.8, 4) is 11.3 Å². The van der Waals surface area contributed by atoms with E-state index < -0.39 is 0 Å². The summed E-state index contributed by atoms with van der Waals surface area (Å²) < 4.78 is 2.01. The van der Waals surface area contributed by atoms with E-state index in [-0.39, 0.29) is 6.04 Å². The highest BCUT2D eigenvalue weighted by Gasteiger charge is 2.17. The molecule has 0 bridgehead atoms. The molecule has 0 aliphatic rings. The van der Waals surface area contributed by atoms with E-state index >= 15 is 0 Å². The number of benzene rings is 1. The zero-order chi connectivity index (χ0) is 15.9. The molecule has 3 rings (SSSR count). The van der Waals surface area contributed by atoms with Crippen molar-refractivity contribution in [3.05, 3.63) is 40.5 Å². The second-order valence-electron chi connectivity index (χ2n) is 5.96. The van der Waals surface area contributed by atoms with Gasteiger partial charge in [-0.3, -0.25) is 0 Å². The lowest BCUT2D eigenvalue weighted by molar-refractivity contribution is 0.782. The minimum Gasteiger partial charge on any atom is -0.324 e. The number of rotatable bonds is 4. The number of hydrogen-bond acceptors (Lipinski definition) is 4. The zero-order valence-corrected chi connectivity index (χ0v) is 14.3. The molecule has 0 saturated heterocycles. The molecule has 0 radical (unpaired) electrons. The predicted molar refractivity (Wildman–Crippen MR) is 92.4 cm³/mol. The highest BCUT2D eigenvalue weighted by molar-refractivity contribution is 7.16. The normalized spacial score (nSPS) is 13.2. The van der Waals surface area contributed by atoms with Gasteiger partial charge in [0.05, 0.1) is 11.4 Å².